The van der Waals surface area contributed by atoms with E-state index in [1.165, 1.54) is 32.1 Å². The molecule has 3 heteroatoms. The van der Waals surface area contributed by atoms with Crippen molar-refractivity contribution in [2.24, 2.45) is 11.8 Å². The van der Waals surface area contributed by atoms with Crippen molar-refractivity contribution >= 4 is 5.69 Å². The van der Waals surface area contributed by atoms with Crippen LogP contribution >= 0.6 is 0 Å². The molecule has 0 bridgehead atoms. The highest BCUT2D eigenvalue weighted by atomic mass is 16.5. The first-order valence-corrected chi connectivity index (χ1v) is 7.02. The van der Waals surface area contributed by atoms with Crippen molar-refractivity contribution in [3.05, 3.63) is 18.3 Å². The number of ether oxygens (including phenoxy) is 1. The van der Waals surface area contributed by atoms with Crippen molar-refractivity contribution in [3.63, 3.8) is 0 Å². The fourth-order valence-corrected chi connectivity index (χ4v) is 2.67. The molecule has 3 nitrogen and oxygen atoms in total. The number of anilines is 1. The number of rotatable bonds is 5. The van der Waals surface area contributed by atoms with Crippen LogP contribution in [0.2, 0.25) is 0 Å². The van der Waals surface area contributed by atoms with Crippen molar-refractivity contribution in [2.75, 3.05) is 19.0 Å². The van der Waals surface area contributed by atoms with Gasteiger partial charge in [0.1, 0.15) is 0 Å². The molecule has 1 aromatic rings. The number of hydrogen-bond donors (Lipinski definition) is 1. The van der Waals surface area contributed by atoms with Crippen LogP contribution in [0.25, 0.3) is 0 Å². The van der Waals surface area contributed by atoms with Crippen molar-refractivity contribution in [1.29, 1.82) is 0 Å². The fraction of sp³-hybridized carbons (Fsp3) is 0.667. The van der Waals surface area contributed by atoms with Gasteiger partial charge in [-0.3, -0.25) is 0 Å². The van der Waals surface area contributed by atoms with Gasteiger partial charge in [0.05, 0.1) is 7.11 Å². The lowest BCUT2D eigenvalue weighted by Crippen LogP contribution is -2.15. The number of nitrogens with zero attached hydrogens (tertiary/aromatic N) is 1. The Balaban J connectivity index is 1.71. The molecule has 1 N–H and O–H groups in total. The van der Waals surface area contributed by atoms with Gasteiger partial charge in [-0.2, -0.15) is 0 Å². The molecule has 0 atom stereocenters. The van der Waals surface area contributed by atoms with Crippen molar-refractivity contribution in [1.82, 2.24) is 4.98 Å². The van der Waals surface area contributed by atoms with E-state index < -0.39 is 0 Å². The van der Waals surface area contributed by atoms with Crippen LogP contribution in [0.4, 0.5) is 5.69 Å². The maximum absolute atomic E-state index is 5.11. The molecule has 0 radical (unpaired) electrons. The SMILES string of the molecule is COc1cc(NCCC2CCC(C)CC2)ccn1. The molecule has 0 aromatic carbocycles. The second kappa shape index (κ2) is 6.62. The number of nitrogens with one attached hydrogen (secondary N) is 1. The van der Waals surface area contributed by atoms with Crippen LogP contribution in [-0.4, -0.2) is 18.6 Å². The summed E-state index contributed by atoms with van der Waals surface area (Å²) in [5.41, 5.74) is 1.10. The summed E-state index contributed by atoms with van der Waals surface area (Å²) < 4.78 is 5.11. The van der Waals surface area contributed by atoms with E-state index >= 15 is 0 Å². The van der Waals surface area contributed by atoms with E-state index in [9.17, 15) is 0 Å². The topological polar surface area (TPSA) is 34.1 Å². The van der Waals surface area contributed by atoms with Gasteiger partial charge in [-0.25, -0.2) is 4.98 Å². The normalized spacial score (nSPS) is 23.7. The lowest BCUT2D eigenvalue weighted by molar-refractivity contribution is 0.282. The number of hydrogen-bond acceptors (Lipinski definition) is 3. The number of methoxy groups -OCH3 is 1. The molecule has 18 heavy (non-hydrogen) atoms. The average Bonchev–Trinajstić information content (AvgIpc) is 2.41. The third-order valence-corrected chi connectivity index (χ3v) is 3.96. The predicted octanol–water partition coefficient (Wildman–Crippen LogP) is 3.72. The number of pyridine rings is 1. The van der Waals surface area contributed by atoms with Crippen LogP contribution in [0.1, 0.15) is 39.0 Å². The summed E-state index contributed by atoms with van der Waals surface area (Å²) >= 11 is 0. The standard InChI is InChI=1S/C15H24N2O/c1-12-3-5-13(6-4-12)7-9-16-14-8-10-17-15(11-14)18-2/h8,10-13H,3-7,9H2,1-2H3,(H,16,17). The van der Waals surface area contributed by atoms with E-state index in [1.807, 2.05) is 12.1 Å². The Morgan fingerprint density at radius 1 is 1.33 bits per heavy atom. The molecule has 1 aliphatic rings. The first-order valence-electron chi connectivity index (χ1n) is 7.02. The first-order chi connectivity index (χ1) is 8.78. The van der Waals surface area contributed by atoms with Crippen molar-refractivity contribution in [2.45, 2.75) is 39.0 Å². The van der Waals surface area contributed by atoms with Gasteiger partial charge < -0.3 is 10.1 Å². The first kappa shape index (κ1) is 13.2. The maximum atomic E-state index is 5.11. The zero-order valence-electron chi connectivity index (χ0n) is 11.5. The Bertz CT molecular complexity index is 359. The minimum absolute atomic E-state index is 0.673. The molecule has 0 saturated heterocycles. The Labute approximate surface area is 110 Å². The summed E-state index contributed by atoms with van der Waals surface area (Å²) in [6.45, 7) is 3.42. The van der Waals surface area contributed by atoms with Crippen LogP contribution in [-0.2, 0) is 0 Å². The molecule has 0 amide bonds. The maximum Gasteiger partial charge on any atom is 0.214 e. The Kier molecular flexibility index (Phi) is 4.85. The third-order valence-electron chi connectivity index (χ3n) is 3.96. The summed E-state index contributed by atoms with van der Waals surface area (Å²) in [5, 5.41) is 3.46. The lowest BCUT2D eigenvalue weighted by Gasteiger charge is -2.26. The second-order valence-electron chi connectivity index (χ2n) is 5.43. The molecule has 1 saturated carbocycles. The van der Waals surface area contributed by atoms with Gasteiger partial charge in [0.15, 0.2) is 0 Å². The van der Waals surface area contributed by atoms with E-state index in [-0.39, 0.29) is 0 Å². The van der Waals surface area contributed by atoms with Gasteiger partial charge in [0.25, 0.3) is 0 Å². The molecule has 1 aromatic heterocycles. The van der Waals surface area contributed by atoms with E-state index in [1.54, 1.807) is 13.3 Å². The van der Waals surface area contributed by atoms with Crippen LogP contribution in [0.5, 0.6) is 5.88 Å². The summed E-state index contributed by atoms with van der Waals surface area (Å²) in [4.78, 5) is 4.10. The average molecular weight is 248 g/mol. The van der Waals surface area contributed by atoms with Gasteiger partial charge >= 0.3 is 0 Å². The molecular formula is C15H24N2O. The molecule has 1 heterocycles. The fourth-order valence-electron chi connectivity index (χ4n) is 2.67. The summed E-state index contributed by atoms with van der Waals surface area (Å²) in [6.07, 6.45) is 8.69. The minimum atomic E-state index is 0.673. The van der Waals surface area contributed by atoms with E-state index in [2.05, 4.69) is 17.2 Å². The van der Waals surface area contributed by atoms with Gasteiger partial charge in [-0.15, -0.1) is 0 Å². The molecule has 100 valence electrons. The minimum Gasteiger partial charge on any atom is -0.481 e. The van der Waals surface area contributed by atoms with Gasteiger partial charge in [-0.1, -0.05) is 32.6 Å². The quantitative estimate of drug-likeness (QED) is 0.862. The van der Waals surface area contributed by atoms with E-state index in [0.717, 1.165) is 24.1 Å². The zero-order valence-corrected chi connectivity index (χ0v) is 11.5. The molecule has 1 fully saturated rings. The van der Waals surface area contributed by atoms with Crippen LogP contribution in [0.3, 0.4) is 0 Å². The van der Waals surface area contributed by atoms with E-state index in [4.69, 9.17) is 4.74 Å². The monoisotopic (exact) mass is 248 g/mol. The molecule has 0 spiro atoms. The Morgan fingerprint density at radius 2 is 2.11 bits per heavy atom. The largest absolute Gasteiger partial charge is 0.481 e. The molecule has 1 aliphatic carbocycles. The van der Waals surface area contributed by atoms with Crippen LogP contribution in [0.15, 0.2) is 18.3 Å². The Hall–Kier alpha value is -1.25. The van der Waals surface area contributed by atoms with E-state index in [0.29, 0.717) is 5.88 Å². The Morgan fingerprint density at radius 3 is 2.83 bits per heavy atom. The zero-order chi connectivity index (χ0) is 12.8. The van der Waals surface area contributed by atoms with Crippen molar-refractivity contribution < 1.29 is 4.74 Å². The highest BCUT2D eigenvalue weighted by molar-refractivity contribution is 5.44. The van der Waals surface area contributed by atoms with Crippen LogP contribution in [0, 0.1) is 11.8 Å². The molecule has 0 unspecified atom stereocenters. The summed E-state index contributed by atoms with van der Waals surface area (Å²) in [6, 6.07) is 3.94. The number of aromatic nitrogens is 1. The summed E-state index contributed by atoms with van der Waals surface area (Å²) in [7, 11) is 1.65. The van der Waals surface area contributed by atoms with Gasteiger partial charge in [0, 0.05) is 24.5 Å². The lowest BCUT2D eigenvalue weighted by atomic mass is 9.81. The molecule has 0 aliphatic heterocycles. The summed E-state index contributed by atoms with van der Waals surface area (Å²) in [5.74, 6) is 2.53. The van der Waals surface area contributed by atoms with Crippen molar-refractivity contribution in [3.8, 4) is 5.88 Å². The smallest absolute Gasteiger partial charge is 0.214 e. The highest BCUT2D eigenvalue weighted by Crippen LogP contribution is 2.30. The molecule has 2 rings (SSSR count). The highest BCUT2D eigenvalue weighted by Gasteiger charge is 2.17. The van der Waals surface area contributed by atoms with Gasteiger partial charge in [0.2, 0.25) is 5.88 Å². The third kappa shape index (κ3) is 3.90. The molecular weight excluding hydrogens is 224 g/mol. The second-order valence-corrected chi connectivity index (χ2v) is 5.43. The predicted molar refractivity (Wildman–Crippen MR) is 75.0 cm³/mol. The van der Waals surface area contributed by atoms with Gasteiger partial charge in [-0.05, 0) is 24.3 Å². The van der Waals surface area contributed by atoms with Crippen LogP contribution < -0.4 is 10.1 Å².